The Bertz CT molecular complexity index is 825. The van der Waals surface area contributed by atoms with Crippen LogP contribution in [-0.4, -0.2) is 5.78 Å². The van der Waals surface area contributed by atoms with Crippen molar-refractivity contribution in [3.8, 4) is 0 Å². The molecule has 0 saturated carbocycles. The molecule has 2 heteroatoms. The summed E-state index contributed by atoms with van der Waals surface area (Å²) in [5.74, 6) is 0.467. The molecule has 0 saturated heterocycles. The molecule has 0 bridgehead atoms. The van der Waals surface area contributed by atoms with Gasteiger partial charge < -0.3 is 4.42 Å². The first-order valence-electron chi connectivity index (χ1n) is 7.12. The van der Waals surface area contributed by atoms with Crippen molar-refractivity contribution < 1.29 is 9.21 Å². The zero-order chi connectivity index (χ0) is 15.0. The maximum absolute atomic E-state index is 12.4. The van der Waals surface area contributed by atoms with E-state index in [1.54, 1.807) is 0 Å². The molecule has 2 aromatic carbocycles. The molecule has 0 spiro atoms. The van der Waals surface area contributed by atoms with E-state index in [-0.39, 0.29) is 5.78 Å². The van der Waals surface area contributed by atoms with E-state index in [1.165, 1.54) is 5.56 Å². The lowest BCUT2D eigenvalue weighted by molar-refractivity contribution is 0.0968. The molecule has 3 rings (SSSR count). The summed E-state index contributed by atoms with van der Waals surface area (Å²) in [6.07, 6.45) is 0.381. The third kappa shape index (κ3) is 2.75. The minimum absolute atomic E-state index is 0.0255. The molecular formula is C19H18O2. The van der Waals surface area contributed by atoms with E-state index in [0.717, 1.165) is 27.7 Å². The van der Waals surface area contributed by atoms with Crippen LogP contribution >= 0.6 is 0 Å². The van der Waals surface area contributed by atoms with Gasteiger partial charge in [-0.15, -0.1) is 0 Å². The average Bonchev–Trinajstić information content (AvgIpc) is 2.86. The molecule has 1 heterocycles. The molecule has 3 aromatic rings. The lowest BCUT2D eigenvalue weighted by Gasteiger charge is -2.05. The maximum atomic E-state index is 12.4. The predicted octanol–water partition coefficient (Wildman–Crippen LogP) is 4.78. The van der Waals surface area contributed by atoms with Gasteiger partial charge in [0, 0.05) is 11.8 Å². The SMILES string of the molecule is Cc1ccc(C)c(CC(=O)c2cc3cc(C)ccc3o2)c1. The topological polar surface area (TPSA) is 30.2 Å². The van der Waals surface area contributed by atoms with Crippen LogP contribution < -0.4 is 0 Å². The summed E-state index contributed by atoms with van der Waals surface area (Å²) in [4.78, 5) is 12.4. The number of hydrogen-bond acceptors (Lipinski definition) is 2. The molecule has 0 radical (unpaired) electrons. The van der Waals surface area contributed by atoms with Gasteiger partial charge in [0.1, 0.15) is 5.58 Å². The van der Waals surface area contributed by atoms with E-state index >= 15 is 0 Å². The van der Waals surface area contributed by atoms with E-state index in [4.69, 9.17) is 4.42 Å². The molecule has 0 aliphatic rings. The van der Waals surface area contributed by atoms with Crippen LogP contribution in [0.1, 0.15) is 32.8 Å². The number of Topliss-reactive ketones (excluding diaryl/α,β-unsaturated/α-hetero) is 1. The van der Waals surface area contributed by atoms with Gasteiger partial charge >= 0.3 is 0 Å². The lowest BCUT2D eigenvalue weighted by atomic mass is 10.00. The highest BCUT2D eigenvalue weighted by atomic mass is 16.3. The van der Waals surface area contributed by atoms with Crippen LogP contribution in [0.15, 0.2) is 46.9 Å². The highest BCUT2D eigenvalue weighted by Gasteiger charge is 2.14. The highest BCUT2D eigenvalue weighted by Crippen LogP contribution is 2.22. The number of fused-ring (bicyclic) bond motifs is 1. The third-order valence-electron chi connectivity index (χ3n) is 3.80. The van der Waals surface area contributed by atoms with Crippen LogP contribution in [0.3, 0.4) is 0 Å². The fraction of sp³-hybridized carbons (Fsp3) is 0.211. The zero-order valence-corrected chi connectivity index (χ0v) is 12.6. The highest BCUT2D eigenvalue weighted by molar-refractivity contribution is 5.99. The predicted molar refractivity (Wildman–Crippen MR) is 84.9 cm³/mol. The molecular weight excluding hydrogens is 260 g/mol. The van der Waals surface area contributed by atoms with Crippen molar-refractivity contribution in [2.24, 2.45) is 0 Å². The normalized spacial score (nSPS) is 11.0. The number of aryl methyl sites for hydroxylation is 3. The minimum Gasteiger partial charge on any atom is -0.453 e. The van der Waals surface area contributed by atoms with Gasteiger partial charge in [0.15, 0.2) is 5.76 Å². The minimum atomic E-state index is 0.0255. The van der Waals surface area contributed by atoms with Crippen molar-refractivity contribution in [2.45, 2.75) is 27.2 Å². The molecule has 0 aliphatic carbocycles. The van der Waals surface area contributed by atoms with Gasteiger partial charge in [0.25, 0.3) is 0 Å². The number of carbonyl (C=O) groups is 1. The molecule has 21 heavy (non-hydrogen) atoms. The largest absolute Gasteiger partial charge is 0.453 e. The second kappa shape index (κ2) is 5.21. The average molecular weight is 278 g/mol. The van der Waals surface area contributed by atoms with Crippen LogP contribution in [0.4, 0.5) is 0 Å². The summed E-state index contributed by atoms with van der Waals surface area (Å²) in [7, 11) is 0. The fourth-order valence-electron chi connectivity index (χ4n) is 2.55. The quantitative estimate of drug-likeness (QED) is 0.645. The second-order valence-corrected chi connectivity index (χ2v) is 5.68. The van der Waals surface area contributed by atoms with Crippen LogP contribution in [0.2, 0.25) is 0 Å². The van der Waals surface area contributed by atoms with Gasteiger partial charge in [0.2, 0.25) is 5.78 Å². The molecule has 106 valence electrons. The van der Waals surface area contributed by atoms with Crippen LogP contribution in [0.5, 0.6) is 0 Å². The van der Waals surface area contributed by atoms with Crippen molar-refractivity contribution in [1.29, 1.82) is 0 Å². The number of furan rings is 1. The Morgan fingerprint density at radius 2 is 1.67 bits per heavy atom. The van der Waals surface area contributed by atoms with Crippen molar-refractivity contribution in [3.05, 3.63) is 70.5 Å². The van der Waals surface area contributed by atoms with E-state index in [2.05, 4.69) is 18.2 Å². The Morgan fingerprint density at radius 3 is 2.48 bits per heavy atom. The number of carbonyl (C=O) groups excluding carboxylic acids is 1. The van der Waals surface area contributed by atoms with Crippen LogP contribution in [-0.2, 0) is 6.42 Å². The zero-order valence-electron chi connectivity index (χ0n) is 12.6. The number of ketones is 1. The van der Waals surface area contributed by atoms with E-state index in [1.807, 2.05) is 45.0 Å². The molecule has 0 N–H and O–H groups in total. The van der Waals surface area contributed by atoms with Crippen molar-refractivity contribution in [2.75, 3.05) is 0 Å². The van der Waals surface area contributed by atoms with Gasteiger partial charge in [-0.2, -0.15) is 0 Å². The number of rotatable bonds is 3. The lowest BCUT2D eigenvalue weighted by Crippen LogP contribution is -2.03. The molecule has 0 atom stereocenters. The molecule has 0 unspecified atom stereocenters. The first-order valence-corrected chi connectivity index (χ1v) is 7.12. The number of benzene rings is 2. The summed E-state index contributed by atoms with van der Waals surface area (Å²) in [5, 5.41) is 0.985. The molecule has 1 aromatic heterocycles. The Labute approximate surface area is 124 Å². The monoisotopic (exact) mass is 278 g/mol. The van der Waals surface area contributed by atoms with E-state index < -0.39 is 0 Å². The van der Waals surface area contributed by atoms with Gasteiger partial charge in [0.05, 0.1) is 0 Å². The molecule has 0 fully saturated rings. The van der Waals surface area contributed by atoms with Crippen molar-refractivity contribution in [1.82, 2.24) is 0 Å². The second-order valence-electron chi connectivity index (χ2n) is 5.68. The number of hydrogen-bond donors (Lipinski definition) is 0. The first kappa shape index (κ1) is 13.6. The Kier molecular flexibility index (Phi) is 3.38. The van der Waals surface area contributed by atoms with Crippen molar-refractivity contribution >= 4 is 16.8 Å². The summed E-state index contributed by atoms with van der Waals surface area (Å²) in [5.41, 5.74) is 5.31. The Hall–Kier alpha value is -2.35. The Balaban J connectivity index is 1.91. The molecule has 0 amide bonds. The van der Waals surface area contributed by atoms with Gasteiger partial charge in [-0.25, -0.2) is 0 Å². The van der Waals surface area contributed by atoms with Gasteiger partial charge in [-0.3, -0.25) is 4.79 Å². The van der Waals surface area contributed by atoms with Crippen LogP contribution in [0, 0.1) is 20.8 Å². The fourth-order valence-corrected chi connectivity index (χ4v) is 2.55. The summed E-state index contributed by atoms with van der Waals surface area (Å²) < 4.78 is 5.68. The Morgan fingerprint density at radius 1 is 0.952 bits per heavy atom. The summed E-state index contributed by atoms with van der Waals surface area (Å²) in [6.45, 7) is 6.10. The molecule has 0 aliphatic heterocycles. The first-order chi connectivity index (χ1) is 10.0. The molecule has 2 nitrogen and oxygen atoms in total. The van der Waals surface area contributed by atoms with Gasteiger partial charge in [-0.05, 0) is 50.1 Å². The summed E-state index contributed by atoms with van der Waals surface area (Å²) >= 11 is 0. The standard InChI is InChI=1S/C19H18O2/c1-12-4-6-14(3)15(8-12)10-17(20)19-11-16-9-13(2)5-7-18(16)21-19/h4-9,11H,10H2,1-3H3. The van der Waals surface area contributed by atoms with E-state index in [9.17, 15) is 4.79 Å². The van der Waals surface area contributed by atoms with E-state index in [0.29, 0.717) is 12.2 Å². The van der Waals surface area contributed by atoms with Crippen LogP contribution in [0.25, 0.3) is 11.0 Å². The third-order valence-corrected chi connectivity index (χ3v) is 3.80. The van der Waals surface area contributed by atoms with Gasteiger partial charge in [-0.1, -0.05) is 35.4 Å². The summed E-state index contributed by atoms with van der Waals surface area (Å²) in [6, 6.07) is 14.0. The smallest absolute Gasteiger partial charge is 0.202 e. The maximum Gasteiger partial charge on any atom is 0.202 e. The van der Waals surface area contributed by atoms with Crippen molar-refractivity contribution in [3.63, 3.8) is 0 Å².